The standard InChI is InChI=1S/C20H17N5O/c26-20-18-17(12-21-20)23-15-4-1-2-5-16(15)24-19(18)13-6-8-14(9-7-13)25-11-3-10-22-25/h1-11,19,23-24H,12H2,(H,21,26). The Balaban J connectivity index is 1.57. The first-order chi connectivity index (χ1) is 12.8. The smallest absolute Gasteiger partial charge is 0.251 e. The van der Waals surface area contributed by atoms with E-state index in [1.54, 1.807) is 6.20 Å². The van der Waals surface area contributed by atoms with E-state index in [0.29, 0.717) is 6.54 Å². The lowest BCUT2D eigenvalue weighted by Crippen LogP contribution is -2.24. The van der Waals surface area contributed by atoms with Gasteiger partial charge in [-0.25, -0.2) is 4.68 Å². The summed E-state index contributed by atoms with van der Waals surface area (Å²) in [6.07, 6.45) is 3.66. The summed E-state index contributed by atoms with van der Waals surface area (Å²) in [5.41, 5.74) is 5.64. The molecule has 6 nitrogen and oxygen atoms in total. The Morgan fingerprint density at radius 1 is 1.00 bits per heavy atom. The van der Waals surface area contributed by atoms with Crippen molar-refractivity contribution in [3.8, 4) is 5.69 Å². The molecule has 2 aliphatic heterocycles. The van der Waals surface area contributed by atoms with Crippen LogP contribution in [0.5, 0.6) is 0 Å². The third-order valence-corrected chi connectivity index (χ3v) is 4.79. The molecule has 128 valence electrons. The predicted molar refractivity (Wildman–Crippen MR) is 100 cm³/mol. The van der Waals surface area contributed by atoms with Crippen LogP contribution in [0.1, 0.15) is 11.6 Å². The quantitative estimate of drug-likeness (QED) is 0.669. The van der Waals surface area contributed by atoms with E-state index in [1.807, 2.05) is 65.5 Å². The number of aromatic nitrogens is 2. The van der Waals surface area contributed by atoms with Crippen molar-refractivity contribution in [2.45, 2.75) is 6.04 Å². The first-order valence-corrected chi connectivity index (χ1v) is 8.53. The highest BCUT2D eigenvalue weighted by Gasteiger charge is 2.33. The van der Waals surface area contributed by atoms with Crippen molar-refractivity contribution in [3.05, 3.63) is 83.8 Å². The average molecular weight is 343 g/mol. The zero-order valence-electron chi connectivity index (χ0n) is 13.9. The van der Waals surface area contributed by atoms with E-state index in [1.165, 1.54) is 0 Å². The molecule has 1 atom stereocenters. The van der Waals surface area contributed by atoms with Gasteiger partial charge in [-0.05, 0) is 35.9 Å². The highest BCUT2D eigenvalue weighted by molar-refractivity contribution is 6.00. The van der Waals surface area contributed by atoms with E-state index in [4.69, 9.17) is 0 Å². The maximum absolute atomic E-state index is 12.5. The molecule has 6 heteroatoms. The monoisotopic (exact) mass is 343 g/mol. The lowest BCUT2D eigenvalue weighted by atomic mass is 9.97. The number of fused-ring (bicyclic) bond motifs is 1. The summed E-state index contributed by atoms with van der Waals surface area (Å²) in [6, 6.07) is 17.8. The normalized spacial score (nSPS) is 18.3. The maximum atomic E-state index is 12.5. The summed E-state index contributed by atoms with van der Waals surface area (Å²) in [4.78, 5) is 12.5. The summed E-state index contributed by atoms with van der Waals surface area (Å²) in [6.45, 7) is 0.520. The number of nitrogens with zero attached hydrogens (tertiary/aromatic N) is 2. The minimum atomic E-state index is -0.213. The number of rotatable bonds is 2. The van der Waals surface area contributed by atoms with Gasteiger partial charge >= 0.3 is 0 Å². The maximum Gasteiger partial charge on any atom is 0.251 e. The minimum Gasteiger partial charge on any atom is -0.372 e. The van der Waals surface area contributed by atoms with E-state index in [-0.39, 0.29) is 11.9 Å². The Bertz CT molecular complexity index is 1000. The van der Waals surface area contributed by atoms with Crippen molar-refractivity contribution < 1.29 is 4.79 Å². The van der Waals surface area contributed by atoms with Crippen LogP contribution in [-0.4, -0.2) is 22.2 Å². The molecule has 0 fully saturated rings. The lowest BCUT2D eigenvalue weighted by molar-refractivity contribution is -0.116. The lowest BCUT2D eigenvalue weighted by Gasteiger charge is -2.20. The van der Waals surface area contributed by atoms with E-state index in [2.05, 4.69) is 21.0 Å². The molecule has 1 aromatic heterocycles. The van der Waals surface area contributed by atoms with Crippen LogP contribution in [0.4, 0.5) is 11.4 Å². The third kappa shape index (κ3) is 2.35. The zero-order chi connectivity index (χ0) is 17.5. The molecule has 3 heterocycles. The number of carbonyl (C=O) groups is 1. The van der Waals surface area contributed by atoms with Gasteiger partial charge in [-0.2, -0.15) is 5.10 Å². The molecule has 3 aromatic rings. The van der Waals surface area contributed by atoms with Gasteiger partial charge in [0.1, 0.15) is 0 Å². The fourth-order valence-electron chi connectivity index (χ4n) is 3.51. The molecule has 26 heavy (non-hydrogen) atoms. The van der Waals surface area contributed by atoms with Gasteiger partial charge in [0.05, 0.1) is 35.2 Å². The molecule has 2 aromatic carbocycles. The van der Waals surface area contributed by atoms with Crippen LogP contribution < -0.4 is 16.0 Å². The molecule has 2 aliphatic rings. The molecular weight excluding hydrogens is 326 g/mol. The van der Waals surface area contributed by atoms with E-state index < -0.39 is 0 Å². The van der Waals surface area contributed by atoms with Crippen LogP contribution in [0.15, 0.2) is 78.3 Å². The predicted octanol–water partition coefficient (Wildman–Crippen LogP) is 2.83. The van der Waals surface area contributed by atoms with Gasteiger partial charge in [0.2, 0.25) is 0 Å². The molecule has 0 radical (unpaired) electrons. The third-order valence-electron chi connectivity index (χ3n) is 4.79. The summed E-state index contributed by atoms with van der Waals surface area (Å²) in [7, 11) is 0. The summed E-state index contributed by atoms with van der Waals surface area (Å²) >= 11 is 0. The van der Waals surface area contributed by atoms with Gasteiger partial charge in [-0.3, -0.25) is 4.79 Å². The van der Waals surface area contributed by atoms with Crippen molar-refractivity contribution in [2.24, 2.45) is 0 Å². The molecule has 0 spiro atoms. The van der Waals surface area contributed by atoms with Gasteiger partial charge in [0.25, 0.3) is 5.91 Å². The molecule has 0 aliphatic carbocycles. The molecule has 0 bridgehead atoms. The van der Waals surface area contributed by atoms with E-state index >= 15 is 0 Å². The molecule has 0 saturated carbocycles. The van der Waals surface area contributed by atoms with E-state index in [0.717, 1.165) is 33.9 Å². The van der Waals surface area contributed by atoms with Crippen LogP contribution in [-0.2, 0) is 4.79 Å². The second-order valence-electron chi connectivity index (χ2n) is 6.37. The van der Waals surface area contributed by atoms with Crippen LogP contribution >= 0.6 is 0 Å². The SMILES string of the molecule is O=C1NCC2=C1C(c1ccc(-n3cccn3)cc1)Nc1ccccc1N2. The second-order valence-corrected chi connectivity index (χ2v) is 6.37. The van der Waals surface area contributed by atoms with Gasteiger partial charge in [-0.1, -0.05) is 24.3 Å². The fourth-order valence-corrected chi connectivity index (χ4v) is 3.51. The summed E-state index contributed by atoms with van der Waals surface area (Å²) in [5, 5.41) is 14.1. The van der Waals surface area contributed by atoms with E-state index in [9.17, 15) is 4.79 Å². The minimum absolute atomic E-state index is 0.0334. The number of hydrogen-bond acceptors (Lipinski definition) is 4. The van der Waals surface area contributed by atoms with Crippen molar-refractivity contribution in [2.75, 3.05) is 17.2 Å². The van der Waals surface area contributed by atoms with Crippen molar-refractivity contribution in [3.63, 3.8) is 0 Å². The highest BCUT2D eigenvalue weighted by Crippen LogP contribution is 2.37. The highest BCUT2D eigenvalue weighted by atomic mass is 16.2. The molecule has 1 amide bonds. The Kier molecular flexibility index (Phi) is 3.28. The van der Waals surface area contributed by atoms with Gasteiger partial charge in [0.15, 0.2) is 0 Å². The summed E-state index contributed by atoms with van der Waals surface area (Å²) in [5.74, 6) is -0.0334. The summed E-state index contributed by atoms with van der Waals surface area (Å²) < 4.78 is 1.81. The second kappa shape index (κ2) is 5.77. The number of para-hydroxylation sites is 2. The van der Waals surface area contributed by atoms with Gasteiger partial charge < -0.3 is 16.0 Å². The number of nitrogens with one attached hydrogen (secondary N) is 3. The molecule has 5 rings (SSSR count). The van der Waals surface area contributed by atoms with Gasteiger partial charge in [-0.15, -0.1) is 0 Å². The molecular formula is C20H17N5O. The van der Waals surface area contributed by atoms with Crippen LogP contribution in [0, 0.1) is 0 Å². The topological polar surface area (TPSA) is 71.0 Å². The Morgan fingerprint density at radius 2 is 1.81 bits per heavy atom. The van der Waals surface area contributed by atoms with Crippen molar-refractivity contribution in [1.82, 2.24) is 15.1 Å². The first-order valence-electron chi connectivity index (χ1n) is 8.53. The van der Waals surface area contributed by atoms with Gasteiger partial charge in [0, 0.05) is 18.1 Å². The number of anilines is 2. The molecule has 1 unspecified atom stereocenters. The van der Waals surface area contributed by atoms with Crippen molar-refractivity contribution >= 4 is 17.3 Å². The van der Waals surface area contributed by atoms with Crippen LogP contribution in [0.3, 0.4) is 0 Å². The van der Waals surface area contributed by atoms with Crippen molar-refractivity contribution in [1.29, 1.82) is 0 Å². The zero-order valence-corrected chi connectivity index (χ0v) is 13.9. The Morgan fingerprint density at radius 3 is 2.58 bits per heavy atom. The molecule has 3 N–H and O–H groups in total. The Labute approximate surface area is 150 Å². The number of amides is 1. The van der Waals surface area contributed by atoms with Crippen LogP contribution in [0.2, 0.25) is 0 Å². The molecule has 0 saturated heterocycles. The van der Waals surface area contributed by atoms with Crippen LogP contribution in [0.25, 0.3) is 5.69 Å². The number of carbonyl (C=O) groups excluding carboxylic acids is 1. The first kappa shape index (κ1) is 14.8. The average Bonchev–Trinajstić information content (AvgIpc) is 3.29. The largest absolute Gasteiger partial charge is 0.372 e. The Hall–Kier alpha value is -3.54. The fraction of sp³-hybridized carbons (Fsp3) is 0.100. The number of hydrogen-bond donors (Lipinski definition) is 3. The number of benzene rings is 2.